The molecule has 0 aliphatic carbocycles. The van der Waals surface area contributed by atoms with Crippen molar-refractivity contribution >= 4 is 38.9 Å². The first-order valence-corrected chi connectivity index (χ1v) is 13.0. The predicted molar refractivity (Wildman–Crippen MR) is 49.7 cm³/mol. The molecule has 0 radical (unpaired) electrons. The molecule has 0 aliphatic rings. The average Bonchev–Trinajstić information content (AvgIpc) is 1.88. The Morgan fingerprint density at radius 3 is 2.20 bits per heavy atom. The number of benzene rings is 1. The van der Waals surface area contributed by atoms with E-state index in [1.165, 1.54) is 9.14 Å². The molecule has 0 fully saturated rings. The van der Waals surface area contributed by atoms with E-state index in [0.717, 1.165) is 0 Å². The van der Waals surface area contributed by atoms with Gasteiger partial charge in [-0.2, -0.15) is 0 Å². The van der Waals surface area contributed by atoms with E-state index in [1.54, 1.807) is 0 Å². The molecule has 0 amide bonds. The molecular formula is C7H8Cl2Sn. The van der Waals surface area contributed by atoms with Gasteiger partial charge in [-0.05, 0) is 0 Å². The zero-order valence-corrected chi connectivity index (χ0v) is 10.5. The topological polar surface area (TPSA) is 0 Å². The normalized spacial score (nSPS) is 10.4. The molecule has 1 aromatic rings. The second-order valence-corrected chi connectivity index (χ2v) is 13.0. The first-order chi connectivity index (χ1) is 4.72. The van der Waals surface area contributed by atoms with Crippen LogP contribution in [-0.4, -0.2) is 17.5 Å². The van der Waals surface area contributed by atoms with Crippen LogP contribution in [0.3, 0.4) is 0 Å². The van der Waals surface area contributed by atoms with Crippen molar-refractivity contribution in [2.24, 2.45) is 0 Å². The van der Waals surface area contributed by atoms with Gasteiger partial charge in [-0.25, -0.2) is 0 Å². The van der Waals surface area contributed by atoms with Gasteiger partial charge in [-0.3, -0.25) is 0 Å². The molecule has 0 aliphatic heterocycles. The summed E-state index contributed by atoms with van der Waals surface area (Å²) in [7, 11) is 11.8. The molecule has 0 spiro atoms. The number of rotatable bonds is 1. The van der Waals surface area contributed by atoms with Crippen molar-refractivity contribution in [2.75, 3.05) is 0 Å². The summed E-state index contributed by atoms with van der Waals surface area (Å²) in [6, 6.07) is 8.05. The SMILES string of the molecule is Cc1cccc[c]1[SnH]([Cl])[Cl]. The molecule has 54 valence electrons. The predicted octanol–water partition coefficient (Wildman–Crippen LogP) is 1.90. The van der Waals surface area contributed by atoms with Crippen LogP contribution >= 0.6 is 17.8 Å². The Morgan fingerprint density at radius 1 is 1.20 bits per heavy atom. The number of aryl methyl sites for hydroxylation is 1. The zero-order chi connectivity index (χ0) is 7.56. The number of hydrogen-bond acceptors (Lipinski definition) is 0. The second kappa shape index (κ2) is 3.84. The van der Waals surface area contributed by atoms with Gasteiger partial charge in [0.15, 0.2) is 0 Å². The van der Waals surface area contributed by atoms with Crippen molar-refractivity contribution in [3.63, 3.8) is 0 Å². The molecule has 0 nitrogen and oxygen atoms in total. The van der Waals surface area contributed by atoms with Gasteiger partial charge in [0, 0.05) is 0 Å². The summed E-state index contributed by atoms with van der Waals surface area (Å²) in [6.45, 7) is 2.05. The Kier molecular flexibility index (Phi) is 3.34. The third-order valence-electron chi connectivity index (χ3n) is 1.42. The Labute approximate surface area is 75.3 Å². The van der Waals surface area contributed by atoms with Crippen molar-refractivity contribution < 1.29 is 0 Å². The molecule has 0 aromatic heterocycles. The summed E-state index contributed by atoms with van der Waals surface area (Å²) >= 11 is -2.25. The van der Waals surface area contributed by atoms with Gasteiger partial charge in [-0.15, -0.1) is 0 Å². The van der Waals surface area contributed by atoms with E-state index in [1.807, 2.05) is 31.2 Å². The summed E-state index contributed by atoms with van der Waals surface area (Å²) in [5.74, 6) is 0. The average molecular weight is 282 g/mol. The summed E-state index contributed by atoms with van der Waals surface area (Å²) < 4.78 is 1.20. The minimum atomic E-state index is -2.25. The monoisotopic (exact) mass is 282 g/mol. The molecule has 0 saturated carbocycles. The van der Waals surface area contributed by atoms with Crippen molar-refractivity contribution in [1.82, 2.24) is 0 Å². The summed E-state index contributed by atoms with van der Waals surface area (Å²) in [5, 5.41) is 0. The zero-order valence-electron chi connectivity index (χ0n) is 5.64. The molecule has 1 aromatic carbocycles. The van der Waals surface area contributed by atoms with E-state index >= 15 is 0 Å². The van der Waals surface area contributed by atoms with Crippen LogP contribution in [0.4, 0.5) is 0 Å². The summed E-state index contributed by atoms with van der Waals surface area (Å²) in [5.41, 5.74) is 1.23. The van der Waals surface area contributed by atoms with Crippen LogP contribution in [0.15, 0.2) is 24.3 Å². The molecule has 1 rings (SSSR count). The van der Waals surface area contributed by atoms with E-state index in [0.29, 0.717) is 0 Å². The van der Waals surface area contributed by atoms with Crippen molar-refractivity contribution in [1.29, 1.82) is 0 Å². The third-order valence-corrected chi connectivity index (χ3v) is 7.77. The van der Waals surface area contributed by atoms with Crippen LogP contribution in [0.5, 0.6) is 0 Å². The van der Waals surface area contributed by atoms with Crippen LogP contribution in [0.1, 0.15) is 5.56 Å². The van der Waals surface area contributed by atoms with E-state index in [2.05, 4.69) is 0 Å². The van der Waals surface area contributed by atoms with Gasteiger partial charge in [0.1, 0.15) is 0 Å². The van der Waals surface area contributed by atoms with Gasteiger partial charge in [0.05, 0.1) is 0 Å². The van der Waals surface area contributed by atoms with Crippen LogP contribution in [0.25, 0.3) is 0 Å². The first-order valence-electron chi connectivity index (χ1n) is 3.05. The van der Waals surface area contributed by atoms with Crippen LogP contribution in [0, 0.1) is 6.92 Å². The minimum absolute atomic E-state index is 1.20. The molecule has 0 unspecified atom stereocenters. The van der Waals surface area contributed by atoms with E-state index in [-0.39, 0.29) is 0 Å². The van der Waals surface area contributed by atoms with Gasteiger partial charge in [0.25, 0.3) is 0 Å². The molecule has 3 heteroatoms. The summed E-state index contributed by atoms with van der Waals surface area (Å²) in [6.07, 6.45) is 0. The standard InChI is InChI=1S/C7H7.2ClH.Sn.H/c1-7-5-3-2-4-6-7;;;;/h2-5H,1H3;2*1H;;/q;;;+2;/p-2. The first kappa shape index (κ1) is 8.69. The van der Waals surface area contributed by atoms with Gasteiger partial charge < -0.3 is 0 Å². The maximum atomic E-state index is 5.88. The molecule has 0 bridgehead atoms. The van der Waals surface area contributed by atoms with Gasteiger partial charge >= 0.3 is 75.7 Å². The summed E-state index contributed by atoms with van der Waals surface area (Å²) in [4.78, 5) is 0. The third kappa shape index (κ3) is 2.04. The maximum absolute atomic E-state index is 5.88. The molecular weight excluding hydrogens is 274 g/mol. The van der Waals surface area contributed by atoms with Crippen LogP contribution in [0.2, 0.25) is 0 Å². The Morgan fingerprint density at radius 2 is 1.80 bits per heavy atom. The Balaban J connectivity index is 3.03. The fourth-order valence-corrected chi connectivity index (χ4v) is 6.11. The fourth-order valence-electron chi connectivity index (χ4n) is 0.832. The van der Waals surface area contributed by atoms with E-state index in [9.17, 15) is 0 Å². The second-order valence-electron chi connectivity index (χ2n) is 2.16. The fraction of sp³-hybridized carbons (Fsp3) is 0.143. The van der Waals surface area contributed by atoms with E-state index < -0.39 is 17.5 Å². The Hall–Kier alpha value is 0.599. The quantitative estimate of drug-likeness (QED) is 0.690. The molecule has 10 heavy (non-hydrogen) atoms. The van der Waals surface area contributed by atoms with Crippen LogP contribution in [-0.2, 0) is 0 Å². The van der Waals surface area contributed by atoms with Gasteiger partial charge in [0.2, 0.25) is 0 Å². The molecule has 0 atom stereocenters. The van der Waals surface area contributed by atoms with Crippen LogP contribution < -0.4 is 3.58 Å². The number of hydrogen-bond donors (Lipinski definition) is 0. The van der Waals surface area contributed by atoms with Crippen molar-refractivity contribution in [3.05, 3.63) is 29.8 Å². The molecule has 0 N–H and O–H groups in total. The molecule has 0 saturated heterocycles. The Bertz CT molecular complexity index is 223. The van der Waals surface area contributed by atoms with Crippen molar-refractivity contribution in [3.8, 4) is 0 Å². The van der Waals surface area contributed by atoms with E-state index in [4.69, 9.17) is 17.8 Å². The van der Waals surface area contributed by atoms with Crippen molar-refractivity contribution in [2.45, 2.75) is 6.92 Å². The molecule has 0 heterocycles. The number of halogens is 2. The van der Waals surface area contributed by atoms with Gasteiger partial charge in [-0.1, -0.05) is 0 Å².